The summed E-state index contributed by atoms with van der Waals surface area (Å²) in [6.07, 6.45) is 0.355. The highest BCUT2D eigenvalue weighted by Gasteiger charge is 2.47. The number of carbonyl (C=O) groups excluding carboxylic acids is 2. The molecule has 0 radical (unpaired) electrons. The van der Waals surface area contributed by atoms with Crippen LogP contribution in [0.2, 0.25) is 5.02 Å². The van der Waals surface area contributed by atoms with Crippen molar-refractivity contribution in [3.05, 3.63) is 34.6 Å². The lowest BCUT2D eigenvalue weighted by atomic mass is 9.94. The molecule has 3 aliphatic rings. The number of hydrogen-bond acceptors (Lipinski definition) is 8. The number of ether oxygens (including phenoxy) is 2. The van der Waals surface area contributed by atoms with Gasteiger partial charge in [0.1, 0.15) is 45.9 Å². The van der Waals surface area contributed by atoms with Gasteiger partial charge in [-0.2, -0.15) is 0 Å². The number of carbonyl (C=O) groups is 2. The molecule has 2 amide bonds. The average molecular weight is 604 g/mol. The first-order valence-electron chi connectivity index (χ1n) is 14.2. The van der Waals surface area contributed by atoms with Crippen LogP contribution in [-0.4, -0.2) is 107 Å². The lowest BCUT2D eigenvalue weighted by Gasteiger charge is -2.41. The van der Waals surface area contributed by atoms with Crippen LogP contribution in [0.4, 0.5) is 15.0 Å². The van der Waals surface area contributed by atoms with Gasteiger partial charge in [0, 0.05) is 32.2 Å². The minimum atomic E-state index is -0.701. The fourth-order valence-electron chi connectivity index (χ4n) is 6.39. The molecule has 4 heterocycles. The number of pyridine rings is 1. The van der Waals surface area contributed by atoms with Crippen LogP contribution in [0.1, 0.15) is 51.4 Å². The summed E-state index contributed by atoms with van der Waals surface area (Å²) < 4.78 is 27.0. The number of hydrogen-bond donors (Lipinski definition) is 1. The van der Waals surface area contributed by atoms with Crippen LogP contribution in [0.3, 0.4) is 0 Å². The van der Waals surface area contributed by atoms with Crippen molar-refractivity contribution in [1.29, 1.82) is 0 Å². The normalized spacial score (nSPS) is 22.0. The van der Waals surface area contributed by atoms with E-state index in [4.69, 9.17) is 26.1 Å². The molecule has 0 aliphatic carbocycles. The molecular weight excluding hydrogens is 565 g/mol. The van der Waals surface area contributed by atoms with Crippen molar-refractivity contribution < 1.29 is 28.6 Å². The number of likely N-dealkylation sites (N-methyl/N-ethyl adjacent to an activating group) is 1. The zero-order valence-corrected chi connectivity index (χ0v) is 26.0. The summed E-state index contributed by atoms with van der Waals surface area (Å²) in [5.74, 6) is -0.942. The summed E-state index contributed by atoms with van der Waals surface area (Å²) in [7, 11) is 4.02. The van der Waals surface area contributed by atoms with Crippen molar-refractivity contribution in [3.8, 4) is 22.8 Å². The van der Waals surface area contributed by atoms with Crippen molar-refractivity contribution in [3.63, 3.8) is 0 Å². The van der Waals surface area contributed by atoms with Gasteiger partial charge in [0.05, 0.1) is 17.1 Å². The van der Waals surface area contributed by atoms with Gasteiger partial charge in [-0.15, -0.1) is 0 Å². The number of anilines is 1. The third kappa shape index (κ3) is 5.21. The second-order valence-electron chi connectivity index (χ2n) is 12.9. The van der Waals surface area contributed by atoms with E-state index in [-0.39, 0.29) is 65.0 Å². The Morgan fingerprint density at radius 2 is 1.93 bits per heavy atom. The molecule has 1 N–H and O–H groups in total. The molecule has 0 spiro atoms. The fraction of sp³-hybridized carbons (Fsp3) is 0.567. The van der Waals surface area contributed by atoms with Crippen molar-refractivity contribution in [2.75, 3.05) is 51.8 Å². The SMILES string of the molecule is CN(C)C1CCN(c2nc(-c3c(O)cccc3F)c(Cl)c3c2C(=O)N2CCN(C(=O)OC(C)(C)C)C[C@@H]2CO3)C1(C)C. The predicted octanol–water partition coefficient (Wildman–Crippen LogP) is 4.62. The summed E-state index contributed by atoms with van der Waals surface area (Å²) in [5.41, 5.74) is -1.10. The molecule has 1 aromatic carbocycles. The molecule has 2 aromatic rings. The van der Waals surface area contributed by atoms with Gasteiger partial charge in [0.25, 0.3) is 5.91 Å². The molecule has 42 heavy (non-hydrogen) atoms. The minimum absolute atomic E-state index is 0.00632. The Balaban J connectivity index is 1.63. The van der Waals surface area contributed by atoms with E-state index in [0.29, 0.717) is 18.9 Å². The Morgan fingerprint density at radius 3 is 2.55 bits per heavy atom. The number of halogens is 2. The highest BCUT2D eigenvalue weighted by atomic mass is 35.5. The molecular formula is C30H39ClFN5O5. The van der Waals surface area contributed by atoms with Gasteiger partial charge in [0.15, 0.2) is 5.75 Å². The second-order valence-corrected chi connectivity index (χ2v) is 13.3. The van der Waals surface area contributed by atoms with Crippen molar-refractivity contribution in [2.24, 2.45) is 0 Å². The van der Waals surface area contributed by atoms with Gasteiger partial charge in [-0.05, 0) is 67.3 Å². The summed E-state index contributed by atoms with van der Waals surface area (Å²) in [4.78, 5) is 39.5. The molecule has 3 aliphatic heterocycles. The maximum atomic E-state index is 15.2. The van der Waals surface area contributed by atoms with E-state index in [2.05, 4.69) is 18.7 Å². The molecule has 1 unspecified atom stereocenters. The van der Waals surface area contributed by atoms with Crippen molar-refractivity contribution in [2.45, 2.75) is 64.3 Å². The van der Waals surface area contributed by atoms with Crippen LogP contribution in [-0.2, 0) is 4.74 Å². The second kappa shape index (κ2) is 10.8. The van der Waals surface area contributed by atoms with Crippen LogP contribution >= 0.6 is 11.6 Å². The largest absolute Gasteiger partial charge is 0.507 e. The summed E-state index contributed by atoms with van der Waals surface area (Å²) in [5, 5.41) is 10.6. The average Bonchev–Trinajstić information content (AvgIpc) is 3.12. The lowest BCUT2D eigenvalue weighted by Crippen LogP contribution is -2.58. The zero-order chi connectivity index (χ0) is 30.7. The van der Waals surface area contributed by atoms with Gasteiger partial charge in [-0.25, -0.2) is 14.2 Å². The maximum absolute atomic E-state index is 15.2. The molecule has 2 atom stereocenters. The Kier molecular flexibility index (Phi) is 7.72. The molecule has 5 rings (SSSR count). The quantitative estimate of drug-likeness (QED) is 0.543. The van der Waals surface area contributed by atoms with Gasteiger partial charge in [0.2, 0.25) is 0 Å². The van der Waals surface area contributed by atoms with Gasteiger partial charge in [-0.3, -0.25) is 4.79 Å². The predicted molar refractivity (Wildman–Crippen MR) is 158 cm³/mol. The number of amides is 2. The first-order chi connectivity index (χ1) is 19.6. The molecule has 2 fully saturated rings. The van der Waals surface area contributed by atoms with E-state index >= 15 is 4.39 Å². The van der Waals surface area contributed by atoms with E-state index in [1.807, 2.05) is 19.0 Å². The van der Waals surface area contributed by atoms with Crippen LogP contribution in [0.15, 0.2) is 18.2 Å². The summed E-state index contributed by atoms with van der Waals surface area (Å²) in [6, 6.07) is 3.65. The van der Waals surface area contributed by atoms with E-state index in [9.17, 15) is 14.7 Å². The smallest absolute Gasteiger partial charge is 0.410 e. The maximum Gasteiger partial charge on any atom is 0.410 e. The molecule has 1 aromatic heterocycles. The van der Waals surface area contributed by atoms with E-state index in [1.54, 1.807) is 30.6 Å². The number of rotatable bonds is 3. The Bertz CT molecular complexity index is 1390. The van der Waals surface area contributed by atoms with Gasteiger partial charge >= 0.3 is 6.09 Å². The van der Waals surface area contributed by atoms with E-state index < -0.39 is 29.1 Å². The van der Waals surface area contributed by atoms with E-state index in [1.165, 1.54) is 18.2 Å². The number of nitrogens with zero attached hydrogens (tertiary/aromatic N) is 5. The highest BCUT2D eigenvalue weighted by molar-refractivity contribution is 6.35. The number of phenolic OH excluding ortho intramolecular Hbond substituents is 1. The third-order valence-electron chi connectivity index (χ3n) is 8.35. The van der Waals surface area contributed by atoms with Gasteiger partial charge < -0.3 is 34.2 Å². The van der Waals surface area contributed by atoms with Crippen LogP contribution in [0, 0.1) is 5.82 Å². The minimum Gasteiger partial charge on any atom is -0.507 e. The highest BCUT2D eigenvalue weighted by Crippen LogP contribution is 2.48. The number of phenols is 1. The number of benzene rings is 1. The van der Waals surface area contributed by atoms with Crippen LogP contribution < -0.4 is 9.64 Å². The third-order valence-corrected chi connectivity index (χ3v) is 8.70. The number of aromatic nitrogens is 1. The summed E-state index contributed by atoms with van der Waals surface area (Å²) >= 11 is 6.87. The Hall–Kier alpha value is -3.31. The monoisotopic (exact) mass is 603 g/mol. The first-order valence-corrected chi connectivity index (χ1v) is 14.6. The van der Waals surface area contributed by atoms with Crippen LogP contribution in [0.25, 0.3) is 11.3 Å². The molecule has 0 saturated carbocycles. The van der Waals surface area contributed by atoms with Crippen molar-refractivity contribution >= 4 is 29.4 Å². The molecule has 2 saturated heterocycles. The topological polar surface area (TPSA) is 98.7 Å². The molecule has 0 bridgehead atoms. The standard InChI is InChI=1S/C30H39ClFN5O5/c1-29(2,3)42-28(40)35-13-14-36-17(15-35)16-41-25-22(27(36)39)26(37-12-11-20(34(6)7)30(37,4)5)33-24(23(25)31)21-18(32)9-8-10-19(21)38/h8-10,17,20,38H,11-16H2,1-7H3/t17-,20?/m1/s1. The fourth-order valence-corrected chi connectivity index (χ4v) is 6.67. The Labute approximate surface area is 250 Å². The molecule has 228 valence electrons. The van der Waals surface area contributed by atoms with Gasteiger partial charge in [-0.1, -0.05) is 17.7 Å². The molecule has 10 nitrogen and oxygen atoms in total. The van der Waals surface area contributed by atoms with E-state index in [0.717, 1.165) is 6.42 Å². The first kappa shape index (κ1) is 30.2. The lowest BCUT2D eigenvalue weighted by molar-refractivity contribution is 0.000951. The Morgan fingerprint density at radius 1 is 1.21 bits per heavy atom. The summed E-state index contributed by atoms with van der Waals surface area (Å²) in [6.45, 7) is 11.0. The number of piperazine rings is 1. The molecule has 12 heteroatoms. The van der Waals surface area contributed by atoms with Crippen molar-refractivity contribution in [1.82, 2.24) is 19.7 Å². The number of aromatic hydroxyl groups is 1. The zero-order valence-electron chi connectivity index (χ0n) is 25.2. The van der Waals surface area contributed by atoms with Crippen LogP contribution in [0.5, 0.6) is 11.5 Å². The number of fused-ring (bicyclic) bond motifs is 2.